The van der Waals surface area contributed by atoms with Crippen LogP contribution >= 0.6 is 0 Å². The van der Waals surface area contributed by atoms with Crippen LogP contribution in [0.15, 0.2) is 12.1 Å². The fraction of sp³-hybridized carbons (Fsp3) is 0.222. The monoisotopic (exact) mass is 223 g/mol. The number of hydrogen-bond donors (Lipinski definition) is 1. The van der Waals surface area contributed by atoms with E-state index in [1.54, 1.807) is 0 Å². The third kappa shape index (κ3) is 2.59. The summed E-state index contributed by atoms with van der Waals surface area (Å²) >= 11 is 0. The molecule has 0 radical (unpaired) electrons. The number of pyridine rings is 1. The molecule has 0 unspecified atom stereocenters. The molecule has 1 N–H and O–H groups in total. The van der Waals surface area contributed by atoms with Crippen LogP contribution in [0.2, 0.25) is 0 Å². The highest BCUT2D eigenvalue weighted by molar-refractivity contribution is 6.04. The molecule has 2 amide bonds. The quantitative estimate of drug-likeness (QED) is 0.583. The first-order valence-corrected chi connectivity index (χ1v) is 4.35. The van der Waals surface area contributed by atoms with Crippen molar-refractivity contribution in [2.45, 2.75) is 13.8 Å². The summed E-state index contributed by atoms with van der Waals surface area (Å²) < 4.78 is 0. The Morgan fingerprint density at radius 2 is 2.06 bits per heavy atom. The molecular weight excluding hydrogens is 214 g/mol. The van der Waals surface area contributed by atoms with E-state index in [4.69, 9.17) is 0 Å². The SMILES string of the molecule is CC(=O)NC(=O)c1ccc([N+](=O)[O-])nc1C. The molecule has 0 saturated heterocycles. The summed E-state index contributed by atoms with van der Waals surface area (Å²) in [5.74, 6) is -1.45. The van der Waals surface area contributed by atoms with Gasteiger partial charge in [-0.3, -0.25) is 14.9 Å². The van der Waals surface area contributed by atoms with Crippen molar-refractivity contribution in [3.63, 3.8) is 0 Å². The highest BCUT2D eigenvalue weighted by Gasteiger charge is 2.17. The van der Waals surface area contributed by atoms with Gasteiger partial charge in [-0.1, -0.05) is 0 Å². The second kappa shape index (κ2) is 4.47. The van der Waals surface area contributed by atoms with Gasteiger partial charge in [0.15, 0.2) is 5.69 Å². The molecule has 1 aromatic heterocycles. The lowest BCUT2D eigenvalue weighted by molar-refractivity contribution is -0.389. The minimum Gasteiger partial charge on any atom is -0.358 e. The molecule has 0 atom stereocenters. The van der Waals surface area contributed by atoms with Gasteiger partial charge in [-0.05, 0) is 16.0 Å². The van der Waals surface area contributed by atoms with Crippen LogP contribution in [0, 0.1) is 17.0 Å². The van der Waals surface area contributed by atoms with Crippen molar-refractivity contribution in [3.8, 4) is 0 Å². The molecule has 7 nitrogen and oxygen atoms in total. The zero-order valence-corrected chi connectivity index (χ0v) is 8.68. The summed E-state index contributed by atoms with van der Waals surface area (Å²) in [6.07, 6.45) is 0. The van der Waals surface area contributed by atoms with E-state index in [1.165, 1.54) is 19.9 Å². The molecule has 1 rings (SSSR count). The molecule has 0 saturated carbocycles. The van der Waals surface area contributed by atoms with Gasteiger partial charge in [0.1, 0.15) is 0 Å². The summed E-state index contributed by atoms with van der Waals surface area (Å²) in [5.41, 5.74) is 0.341. The standard InChI is InChI=1S/C9H9N3O4/c1-5-7(9(14)11-6(2)13)3-4-8(10-5)12(15)16/h3-4H,1-2H3,(H,11,13,14). The van der Waals surface area contributed by atoms with Gasteiger partial charge in [-0.15, -0.1) is 0 Å². The van der Waals surface area contributed by atoms with Crippen molar-refractivity contribution in [2.75, 3.05) is 0 Å². The molecule has 7 heteroatoms. The molecule has 16 heavy (non-hydrogen) atoms. The van der Waals surface area contributed by atoms with Gasteiger partial charge >= 0.3 is 5.82 Å². The van der Waals surface area contributed by atoms with Crippen LogP contribution in [0.25, 0.3) is 0 Å². The first kappa shape index (κ1) is 11.8. The molecule has 1 aromatic rings. The summed E-state index contributed by atoms with van der Waals surface area (Å²) in [4.78, 5) is 35.4. The second-order valence-corrected chi connectivity index (χ2v) is 3.07. The second-order valence-electron chi connectivity index (χ2n) is 3.07. The number of nitro groups is 1. The number of imide groups is 1. The average Bonchev–Trinajstić information content (AvgIpc) is 2.15. The lowest BCUT2D eigenvalue weighted by Gasteiger charge is -2.01. The number of carbonyl (C=O) groups is 2. The molecule has 1 heterocycles. The van der Waals surface area contributed by atoms with E-state index in [0.717, 1.165) is 6.07 Å². The van der Waals surface area contributed by atoms with Crippen LogP contribution in [0.3, 0.4) is 0 Å². The maximum atomic E-state index is 11.4. The Kier molecular flexibility index (Phi) is 3.29. The van der Waals surface area contributed by atoms with Gasteiger partial charge in [-0.25, -0.2) is 0 Å². The predicted octanol–water partition coefficient (Wildman–Crippen LogP) is 0.575. The largest absolute Gasteiger partial charge is 0.363 e. The minimum absolute atomic E-state index is 0.140. The first-order chi connectivity index (χ1) is 7.41. The van der Waals surface area contributed by atoms with Crippen LogP contribution < -0.4 is 5.32 Å². The number of rotatable bonds is 2. The molecule has 0 bridgehead atoms. The molecule has 84 valence electrons. The van der Waals surface area contributed by atoms with Gasteiger partial charge in [0, 0.05) is 19.9 Å². The Bertz CT molecular complexity index is 470. The Morgan fingerprint density at radius 3 is 2.50 bits per heavy atom. The van der Waals surface area contributed by atoms with E-state index < -0.39 is 16.7 Å². The third-order valence-corrected chi connectivity index (χ3v) is 1.79. The van der Waals surface area contributed by atoms with Crippen molar-refractivity contribution < 1.29 is 14.5 Å². The molecule has 0 aromatic carbocycles. The van der Waals surface area contributed by atoms with Gasteiger partial charge < -0.3 is 10.1 Å². The van der Waals surface area contributed by atoms with Crippen molar-refractivity contribution >= 4 is 17.6 Å². The number of nitrogens with zero attached hydrogens (tertiary/aromatic N) is 2. The van der Waals surface area contributed by atoms with Crippen LogP contribution in [-0.4, -0.2) is 21.7 Å². The van der Waals surface area contributed by atoms with Crippen molar-refractivity contribution in [3.05, 3.63) is 33.5 Å². The van der Waals surface area contributed by atoms with Gasteiger partial charge in [0.2, 0.25) is 5.91 Å². The number of aryl methyl sites for hydroxylation is 1. The number of amides is 2. The topological polar surface area (TPSA) is 102 Å². The summed E-state index contributed by atoms with van der Waals surface area (Å²) in [6, 6.07) is 2.38. The van der Waals surface area contributed by atoms with E-state index >= 15 is 0 Å². The number of hydrogen-bond acceptors (Lipinski definition) is 5. The number of nitrogens with one attached hydrogen (secondary N) is 1. The van der Waals surface area contributed by atoms with Crippen LogP contribution in [-0.2, 0) is 4.79 Å². The van der Waals surface area contributed by atoms with E-state index in [2.05, 4.69) is 10.3 Å². The minimum atomic E-state index is -0.653. The summed E-state index contributed by atoms with van der Waals surface area (Å²) in [5, 5.41) is 12.5. The Hall–Kier alpha value is -2.31. The summed E-state index contributed by atoms with van der Waals surface area (Å²) in [7, 11) is 0. The molecule has 0 fully saturated rings. The summed E-state index contributed by atoms with van der Waals surface area (Å²) in [6.45, 7) is 2.66. The maximum Gasteiger partial charge on any atom is 0.363 e. The van der Waals surface area contributed by atoms with E-state index in [0.29, 0.717) is 0 Å². The molecule has 0 aliphatic carbocycles. The van der Waals surface area contributed by atoms with E-state index in [-0.39, 0.29) is 17.1 Å². The average molecular weight is 223 g/mol. The first-order valence-electron chi connectivity index (χ1n) is 4.35. The van der Waals surface area contributed by atoms with Crippen LogP contribution in [0.1, 0.15) is 23.0 Å². The number of aromatic nitrogens is 1. The van der Waals surface area contributed by atoms with Crippen molar-refractivity contribution in [1.82, 2.24) is 10.3 Å². The van der Waals surface area contributed by atoms with E-state index in [1.807, 2.05) is 0 Å². The Morgan fingerprint density at radius 1 is 1.44 bits per heavy atom. The van der Waals surface area contributed by atoms with E-state index in [9.17, 15) is 19.7 Å². The fourth-order valence-electron chi connectivity index (χ4n) is 1.12. The lowest BCUT2D eigenvalue weighted by atomic mass is 10.2. The molecule has 0 aliphatic heterocycles. The van der Waals surface area contributed by atoms with Crippen LogP contribution in [0.4, 0.5) is 5.82 Å². The Labute approximate surface area is 90.6 Å². The zero-order chi connectivity index (χ0) is 12.3. The predicted molar refractivity (Wildman–Crippen MR) is 53.8 cm³/mol. The zero-order valence-electron chi connectivity index (χ0n) is 8.68. The van der Waals surface area contributed by atoms with Crippen molar-refractivity contribution in [2.24, 2.45) is 0 Å². The normalized spacial score (nSPS) is 9.62. The van der Waals surface area contributed by atoms with Gasteiger partial charge in [-0.2, -0.15) is 0 Å². The smallest absolute Gasteiger partial charge is 0.358 e. The van der Waals surface area contributed by atoms with Crippen LogP contribution in [0.5, 0.6) is 0 Å². The highest BCUT2D eigenvalue weighted by atomic mass is 16.6. The van der Waals surface area contributed by atoms with Crippen molar-refractivity contribution in [1.29, 1.82) is 0 Å². The number of carbonyl (C=O) groups excluding carboxylic acids is 2. The highest BCUT2D eigenvalue weighted by Crippen LogP contribution is 2.12. The Balaban J connectivity index is 3.03. The molecule has 0 aliphatic rings. The third-order valence-electron chi connectivity index (χ3n) is 1.79. The molecular formula is C9H9N3O4. The molecule has 0 spiro atoms. The lowest BCUT2D eigenvalue weighted by Crippen LogP contribution is -2.28. The maximum absolute atomic E-state index is 11.4. The fourth-order valence-corrected chi connectivity index (χ4v) is 1.12. The van der Waals surface area contributed by atoms with Gasteiger partial charge in [0.05, 0.1) is 5.56 Å². The van der Waals surface area contributed by atoms with Gasteiger partial charge in [0.25, 0.3) is 5.91 Å².